The largest absolute Gasteiger partial charge is 0.481 e. The average Bonchev–Trinajstić information content (AvgIpc) is 3.88. The van der Waals surface area contributed by atoms with Crippen molar-refractivity contribution in [1.29, 1.82) is 0 Å². The first-order valence-electron chi connectivity index (χ1n) is 17.8. The van der Waals surface area contributed by atoms with E-state index in [1.165, 1.54) is 20.5 Å². The quantitative estimate of drug-likeness (QED) is 0.187. The molecule has 51 heavy (non-hydrogen) atoms. The zero-order chi connectivity index (χ0) is 36.3. The van der Waals surface area contributed by atoms with Crippen LogP contribution in [-0.2, 0) is 23.9 Å². The van der Waals surface area contributed by atoms with Crippen LogP contribution in [0, 0.1) is 0 Å². The third kappa shape index (κ3) is 9.98. The molecule has 3 fully saturated rings. The van der Waals surface area contributed by atoms with Crippen molar-refractivity contribution in [2.24, 2.45) is 0 Å². The number of carboxylic acids is 1. The van der Waals surface area contributed by atoms with Crippen molar-refractivity contribution in [3.8, 4) is 11.6 Å². The zero-order valence-corrected chi connectivity index (χ0v) is 28.9. The Kier molecular flexibility index (Phi) is 12.9. The maximum atomic E-state index is 13.6. The van der Waals surface area contributed by atoms with Crippen LogP contribution in [-0.4, -0.2) is 117 Å². The molecule has 2 aliphatic heterocycles. The molecule has 3 unspecified atom stereocenters. The lowest BCUT2D eigenvalue weighted by Crippen LogP contribution is -2.51. The van der Waals surface area contributed by atoms with Crippen molar-refractivity contribution < 1.29 is 43.3 Å². The lowest BCUT2D eigenvalue weighted by Gasteiger charge is -2.30. The summed E-state index contributed by atoms with van der Waals surface area (Å²) in [6.07, 6.45) is 5.20. The highest BCUT2D eigenvalue weighted by molar-refractivity contribution is 5.96. The van der Waals surface area contributed by atoms with Crippen molar-refractivity contribution in [2.75, 3.05) is 32.8 Å². The average molecular weight is 710 g/mol. The van der Waals surface area contributed by atoms with E-state index in [9.17, 15) is 33.9 Å². The molecule has 1 aliphatic carbocycles. The van der Waals surface area contributed by atoms with Gasteiger partial charge in [0.2, 0.25) is 17.7 Å². The predicted molar refractivity (Wildman–Crippen MR) is 182 cm³/mol. The SMILES string of the molecule is CCCCOC(=O)NC1CCN(C(=O)C(CCC(=O)O)NC(=O)c2cc(OCC(=O)N3CCCC3C(=O)NC3CCC3)n(-c3ccccc3)n2)C1. The molecule has 3 atom stereocenters. The number of carboxylic acid groups (broad SMARTS) is 1. The Bertz CT molecular complexity index is 1560. The van der Waals surface area contributed by atoms with Gasteiger partial charge >= 0.3 is 12.1 Å². The van der Waals surface area contributed by atoms with E-state index in [1.54, 1.807) is 30.3 Å². The lowest BCUT2D eigenvalue weighted by molar-refractivity contribution is -0.140. The van der Waals surface area contributed by atoms with Gasteiger partial charge in [0.1, 0.15) is 12.1 Å². The first-order chi connectivity index (χ1) is 24.6. The summed E-state index contributed by atoms with van der Waals surface area (Å²) in [4.78, 5) is 79.9. The van der Waals surface area contributed by atoms with Gasteiger partial charge in [-0.15, -0.1) is 0 Å². The number of alkyl carbamates (subject to hydrolysis) is 1. The van der Waals surface area contributed by atoms with Gasteiger partial charge in [0.25, 0.3) is 11.8 Å². The summed E-state index contributed by atoms with van der Waals surface area (Å²) in [6.45, 7) is 2.78. The number of nitrogens with zero attached hydrogens (tertiary/aromatic N) is 4. The molecule has 5 amide bonds. The fourth-order valence-electron chi connectivity index (χ4n) is 6.31. The van der Waals surface area contributed by atoms with Crippen LogP contribution in [0.3, 0.4) is 0 Å². The van der Waals surface area contributed by atoms with E-state index in [4.69, 9.17) is 9.47 Å². The van der Waals surface area contributed by atoms with Crippen molar-refractivity contribution >= 4 is 35.7 Å². The van der Waals surface area contributed by atoms with Gasteiger partial charge in [-0.2, -0.15) is 5.10 Å². The predicted octanol–water partition coefficient (Wildman–Crippen LogP) is 2.00. The molecule has 0 radical (unpaired) electrons. The fourth-order valence-corrected chi connectivity index (χ4v) is 6.31. The lowest BCUT2D eigenvalue weighted by atomic mass is 9.93. The van der Waals surface area contributed by atoms with Crippen LogP contribution in [0.4, 0.5) is 4.79 Å². The number of amides is 5. The highest BCUT2D eigenvalue weighted by atomic mass is 16.5. The zero-order valence-electron chi connectivity index (χ0n) is 28.9. The number of hydrogen-bond donors (Lipinski definition) is 4. The van der Waals surface area contributed by atoms with Crippen molar-refractivity contribution in [3.05, 3.63) is 42.1 Å². The van der Waals surface area contributed by atoms with Gasteiger partial charge in [0, 0.05) is 38.2 Å². The molecule has 276 valence electrons. The minimum Gasteiger partial charge on any atom is -0.481 e. The van der Waals surface area contributed by atoms with Crippen LogP contribution in [0.5, 0.6) is 5.88 Å². The second kappa shape index (κ2) is 17.7. The maximum Gasteiger partial charge on any atom is 0.407 e. The van der Waals surface area contributed by atoms with E-state index in [1.807, 2.05) is 6.92 Å². The number of rotatable bonds is 16. The van der Waals surface area contributed by atoms with E-state index in [-0.39, 0.29) is 54.9 Å². The number of hydrogen-bond acceptors (Lipinski definition) is 9. The smallest absolute Gasteiger partial charge is 0.407 e. The topological polar surface area (TPSA) is 202 Å². The number of nitrogens with one attached hydrogen (secondary N) is 3. The monoisotopic (exact) mass is 709 g/mol. The van der Waals surface area contributed by atoms with E-state index in [0.29, 0.717) is 44.6 Å². The first kappa shape index (κ1) is 37.1. The van der Waals surface area contributed by atoms with Crippen LogP contribution in [0.25, 0.3) is 5.69 Å². The van der Waals surface area contributed by atoms with Crippen molar-refractivity contribution in [3.63, 3.8) is 0 Å². The van der Waals surface area contributed by atoms with Crippen LogP contribution in [0.1, 0.15) is 81.6 Å². The summed E-state index contributed by atoms with van der Waals surface area (Å²) in [6, 6.07) is 8.22. The van der Waals surface area contributed by atoms with Gasteiger partial charge in [-0.25, -0.2) is 9.48 Å². The summed E-state index contributed by atoms with van der Waals surface area (Å²) in [7, 11) is 0. The summed E-state index contributed by atoms with van der Waals surface area (Å²) < 4.78 is 12.4. The number of benzene rings is 1. The first-order valence-corrected chi connectivity index (χ1v) is 17.8. The Morgan fingerprint density at radius 2 is 1.76 bits per heavy atom. The van der Waals surface area contributed by atoms with Crippen LogP contribution >= 0.6 is 0 Å². The molecule has 16 nitrogen and oxygen atoms in total. The molecule has 1 aromatic carbocycles. The van der Waals surface area contributed by atoms with Gasteiger partial charge in [0.15, 0.2) is 12.3 Å². The number of ether oxygens (including phenoxy) is 2. The fraction of sp³-hybridized carbons (Fsp3) is 0.571. The Balaban J connectivity index is 1.25. The van der Waals surface area contributed by atoms with E-state index in [2.05, 4.69) is 21.0 Å². The number of unbranched alkanes of at least 4 members (excludes halogenated alkanes) is 1. The van der Waals surface area contributed by atoms with Crippen LogP contribution < -0.4 is 20.7 Å². The van der Waals surface area contributed by atoms with E-state index in [0.717, 1.165) is 32.1 Å². The summed E-state index contributed by atoms with van der Waals surface area (Å²) in [5.41, 5.74) is 0.421. The molecular formula is C35H47N7O9. The number of likely N-dealkylation sites (tertiary alicyclic amines) is 2. The molecule has 3 aliphatic rings. The number of para-hydroxylation sites is 1. The van der Waals surface area contributed by atoms with Crippen molar-refractivity contribution in [1.82, 2.24) is 35.5 Å². The Morgan fingerprint density at radius 3 is 2.47 bits per heavy atom. The van der Waals surface area contributed by atoms with Crippen LogP contribution in [0.15, 0.2) is 36.4 Å². The van der Waals surface area contributed by atoms with Gasteiger partial charge in [0.05, 0.1) is 18.3 Å². The molecule has 3 heterocycles. The second-order valence-corrected chi connectivity index (χ2v) is 13.1. The van der Waals surface area contributed by atoms with Gasteiger partial charge in [-0.05, 0) is 63.5 Å². The normalized spacial score (nSPS) is 19.2. The minimum atomic E-state index is -1.19. The van der Waals surface area contributed by atoms with Crippen LogP contribution in [0.2, 0.25) is 0 Å². The standard InChI is InChI=1S/C35H47N7O9/c1-2-3-19-50-35(49)37-24-16-18-40(21-24)34(48)26(14-15-31(44)45)38-32(46)27-20-30(42(39-27)25-11-5-4-6-12-25)51-22-29(43)41-17-8-13-28(41)33(47)36-23-9-7-10-23/h4-6,11-12,20,23-24,26,28H,2-3,7-10,13-19,21-22H2,1H3,(H,36,47)(H,37,49)(H,38,46)(H,44,45). The molecular weight excluding hydrogens is 662 g/mol. The van der Waals surface area contributed by atoms with Gasteiger partial charge in [-0.1, -0.05) is 31.5 Å². The molecule has 0 bridgehead atoms. The minimum absolute atomic E-state index is 0.0852. The Morgan fingerprint density at radius 1 is 0.980 bits per heavy atom. The highest BCUT2D eigenvalue weighted by Crippen LogP contribution is 2.24. The third-order valence-corrected chi connectivity index (χ3v) is 9.38. The number of aromatic nitrogens is 2. The molecule has 5 rings (SSSR count). The number of carbonyl (C=O) groups is 6. The van der Waals surface area contributed by atoms with Gasteiger partial charge in [-0.3, -0.25) is 24.0 Å². The molecule has 4 N–H and O–H groups in total. The highest BCUT2D eigenvalue weighted by Gasteiger charge is 2.37. The Labute approximate surface area is 296 Å². The molecule has 2 aromatic rings. The molecule has 16 heteroatoms. The van der Waals surface area contributed by atoms with E-state index >= 15 is 0 Å². The second-order valence-electron chi connectivity index (χ2n) is 13.1. The molecule has 1 aromatic heterocycles. The summed E-state index contributed by atoms with van der Waals surface area (Å²) in [5, 5.41) is 22.2. The third-order valence-electron chi connectivity index (χ3n) is 9.38. The Hall–Kier alpha value is -5.15. The number of carbonyl (C=O) groups excluding carboxylic acids is 5. The summed E-state index contributed by atoms with van der Waals surface area (Å²) in [5.74, 6) is -2.81. The van der Waals surface area contributed by atoms with Gasteiger partial charge < -0.3 is 40.3 Å². The molecule has 1 saturated carbocycles. The van der Waals surface area contributed by atoms with Crippen molar-refractivity contribution in [2.45, 2.75) is 95.3 Å². The van der Waals surface area contributed by atoms with E-state index < -0.39 is 42.6 Å². The molecule has 0 spiro atoms. The maximum absolute atomic E-state index is 13.6. The number of aliphatic carboxylic acids is 1. The summed E-state index contributed by atoms with van der Waals surface area (Å²) >= 11 is 0. The molecule has 2 saturated heterocycles.